The van der Waals surface area contributed by atoms with Gasteiger partial charge in [0.15, 0.2) is 12.6 Å². The molecule has 0 aromatic heterocycles. The van der Waals surface area contributed by atoms with Crippen LogP contribution in [0.2, 0.25) is 0 Å². The van der Waals surface area contributed by atoms with Crippen molar-refractivity contribution in [3.8, 4) is 0 Å². The highest BCUT2D eigenvalue weighted by atomic mass is 32.2. The number of carbonyl (C=O) groups excluding carboxylic acids is 2. The lowest BCUT2D eigenvalue weighted by molar-refractivity contribution is -0.105. The average Bonchev–Trinajstić information content (AvgIpc) is 2.18. The first-order valence-corrected chi connectivity index (χ1v) is 7.41. The Balaban J connectivity index is 4.90. The molecule has 0 N–H and O–H groups in total. The van der Waals surface area contributed by atoms with E-state index in [-0.39, 0.29) is 9.49 Å². The third-order valence-electron chi connectivity index (χ3n) is 1.49. The van der Waals surface area contributed by atoms with Crippen LogP contribution < -0.4 is 0 Å². The SMILES string of the molecule is CC(C)(C)S/C(C=O)=C\C=C(\C=O)SC(C)(C)C. The minimum atomic E-state index is -0.0148. The van der Waals surface area contributed by atoms with Gasteiger partial charge in [0, 0.05) is 19.3 Å². The quantitative estimate of drug-likeness (QED) is 0.430. The summed E-state index contributed by atoms with van der Waals surface area (Å²) in [6.07, 6.45) is 5.09. The van der Waals surface area contributed by atoms with Crippen LogP contribution in [0.25, 0.3) is 0 Å². The van der Waals surface area contributed by atoms with Gasteiger partial charge < -0.3 is 0 Å². The summed E-state index contributed by atoms with van der Waals surface area (Å²) in [6.45, 7) is 12.3. The predicted octanol–water partition coefficient (Wildman–Crippen LogP) is 4.22. The van der Waals surface area contributed by atoms with Gasteiger partial charge in [-0.1, -0.05) is 41.5 Å². The Bertz CT molecular complexity index is 319. The molecule has 0 unspecified atom stereocenters. The van der Waals surface area contributed by atoms with Crippen molar-refractivity contribution in [2.75, 3.05) is 0 Å². The summed E-state index contributed by atoms with van der Waals surface area (Å²) in [5.74, 6) is 0. The molecular weight excluding hydrogens is 264 g/mol. The van der Waals surface area contributed by atoms with Gasteiger partial charge in [-0.15, -0.1) is 23.5 Å². The smallest absolute Gasteiger partial charge is 0.156 e. The molecule has 0 amide bonds. The molecule has 0 spiro atoms. The van der Waals surface area contributed by atoms with Gasteiger partial charge in [0.05, 0.1) is 0 Å². The second-order valence-corrected chi connectivity index (χ2v) is 9.60. The molecule has 102 valence electrons. The highest BCUT2D eigenvalue weighted by molar-refractivity contribution is 8.05. The van der Waals surface area contributed by atoms with Gasteiger partial charge in [0.2, 0.25) is 0 Å². The van der Waals surface area contributed by atoms with E-state index in [1.54, 1.807) is 12.2 Å². The standard InChI is InChI=1S/C14H22O2S2/c1-13(2,3)17-11(9-15)7-8-12(10-16)18-14(4,5)6/h7-10H,1-6H3/b11-7-,12-8-. The lowest BCUT2D eigenvalue weighted by Gasteiger charge is -2.17. The van der Waals surface area contributed by atoms with Crippen molar-refractivity contribution in [1.29, 1.82) is 0 Å². The molecule has 0 aliphatic heterocycles. The van der Waals surface area contributed by atoms with Crippen LogP contribution in [-0.2, 0) is 9.59 Å². The van der Waals surface area contributed by atoms with Gasteiger partial charge in [-0.05, 0) is 12.2 Å². The van der Waals surface area contributed by atoms with E-state index >= 15 is 0 Å². The van der Waals surface area contributed by atoms with Crippen molar-refractivity contribution in [2.45, 2.75) is 51.0 Å². The highest BCUT2D eigenvalue weighted by Crippen LogP contribution is 2.32. The topological polar surface area (TPSA) is 34.1 Å². The summed E-state index contributed by atoms with van der Waals surface area (Å²) >= 11 is 2.99. The van der Waals surface area contributed by atoms with E-state index in [1.807, 2.05) is 41.5 Å². The zero-order valence-corrected chi connectivity index (χ0v) is 13.6. The van der Waals surface area contributed by atoms with Crippen LogP contribution in [0.5, 0.6) is 0 Å². The van der Waals surface area contributed by atoms with Gasteiger partial charge >= 0.3 is 0 Å². The Hall–Kier alpha value is -0.480. The number of thioether (sulfide) groups is 2. The van der Waals surface area contributed by atoms with Crippen molar-refractivity contribution in [1.82, 2.24) is 0 Å². The summed E-state index contributed by atoms with van der Waals surface area (Å²) in [5, 5.41) is 0. The number of hydrogen-bond acceptors (Lipinski definition) is 4. The minimum absolute atomic E-state index is 0.0148. The van der Waals surface area contributed by atoms with E-state index in [1.165, 1.54) is 23.5 Å². The van der Waals surface area contributed by atoms with Crippen LogP contribution in [0.3, 0.4) is 0 Å². The second-order valence-electron chi connectivity index (χ2n) is 5.80. The van der Waals surface area contributed by atoms with Gasteiger partial charge in [-0.3, -0.25) is 9.59 Å². The number of hydrogen-bond donors (Lipinski definition) is 0. The summed E-state index contributed by atoms with van der Waals surface area (Å²) < 4.78 is -0.0296. The van der Waals surface area contributed by atoms with E-state index in [9.17, 15) is 9.59 Å². The van der Waals surface area contributed by atoms with Crippen LogP contribution >= 0.6 is 23.5 Å². The fraction of sp³-hybridized carbons (Fsp3) is 0.571. The van der Waals surface area contributed by atoms with E-state index < -0.39 is 0 Å². The Morgan fingerprint density at radius 1 is 0.722 bits per heavy atom. The van der Waals surface area contributed by atoms with E-state index in [4.69, 9.17) is 0 Å². The van der Waals surface area contributed by atoms with Crippen LogP contribution in [0.15, 0.2) is 22.0 Å². The lowest BCUT2D eigenvalue weighted by atomic mass is 10.3. The number of aldehydes is 2. The molecule has 0 radical (unpaired) electrons. The van der Waals surface area contributed by atoms with Crippen LogP contribution in [0.1, 0.15) is 41.5 Å². The van der Waals surface area contributed by atoms with Crippen molar-refractivity contribution in [3.05, 3.63) is 22.0 Å². The van der Waals surface area contributed by atoms with Gasteiger partial charge in [-0.25, -0.2) is 0 Å². The molecule has 0 fully saturated rings. The van der Waals surface area contributed by atoms with E-state index in [0.29, 0.717) is 9.81 Å². The van der Waals surface area contributed by atoms with Gasteiger partial charge in [-0.2, -0.15) is 0 Å². The van der Waals surface area contributed by atoms with Crippen molar-refractivity contribution >= 4 is 36.1 Å². The second kappa shape index (κ2) is 7.19. The fourth-order valence-corrected chi connectivity index (χ4v) is 2.85. The first-order valence-electron chi connectivity index (χ1n) is 5.78. The monoisotopic (exact) mass is 286 g/mol. The first-order chi connectivity index (χ1) is 8.07. The molecule has 0 aliphatic rings. The molecule has 18 heavy (non-hydrogen) atoms. The molecule has 0 saturated carbocycles. The van der Waals surface area contributed by atoms with Gasteiger partial charge in [0.25, 0.3) is 0 Å². The van der Waals surface area contributed by atoms with Crippen LogP contribution in [0.4, 0.5) is 0 Å². The van der Waals surface area contributed by atoms with Crippen molar-refractivity contribution in [2.24, 2.45) is 0 Å². The highest BCUT2D eigenvalue weighted by Gasteiger charge is 2.15. The zero-order valence-electron chi connectivity index (χ0n) is 11.9. The lowest BCUT2D eigenvalue weighted by Crippen LogP contribution is -2.08. The maximum absolute atomic E-state index is 11.0. The molecule has 0 rings (SSSR count). The maximum Gasteiger partial charge on any atom is 0.156 e. The Morgan fingerprint density at radius 3 is 1.17 bits per heavy atom. The van der Waals surface area contributed by atoms with Crippen molar-refractivity contribution in [3.63, 3.8) is 0 Å². The molecule has 2 nitrogen and oxygen atoms in total. The summed E-state index contributed by atoms with van der Waals surface area (Å²) in [4.78, 5) is 23.2. The summed E-state index contributed by atoms with van der Waals surface area (Å²) in [6, 6.07) is 0. The molecular formula is C14H22O2S2. The Kier molecular flexibility index (Phi) is 7.00. The molecule has 0 saturated heterocycles. The zero-order chi connectivity index (χ0) is 14.4. The fourth-order valence-electron chi connectivity index (χ4n) is 1.07. The normalized spacial score (nSPS) is 14.6. The molecule has 0 aromatic rings. The first kappa shape index (κ1) is 17.5. The molecule has 0 bridgehead atoms. The van der Waals surface area contributed by atoms with Crippen LogP contribution in [0, 0.1) is 0 Å². The van der Waals surface area contributed by atoms with E-state index in [2.05, 4.69) is 0 Å². The number of rotatable bonds is 5. The predicted molar refractivity (Wildman–Crippen MR) is 83.0 cm³/mol. The van der Waals surface area contributed by atoms with E-state index in [0.717, 1.165) is 12.6 Å². The van der Waals surface area contributed by atoms with Crippen LogP contribution in [-0.4, -0.2) is 22.1 Å². The summed E-state index contributed by atoms with van der Waals surface area (Å²) in [5.41, 5.74) is 0. The minimum Gasteiger partial charge on any atom is -0.297 e. The number of carbonyl (C=O) groups is 2. The molecule has 0 atom stereocenters. The van der Waals surface area contributed by atoms with Crippen molar-refractivity contribution < 1.29 is 9.59 Å². The molecule has 0 aromatic carbocycles. The third kappa shape index (κ3) is 9.54. The molecule has 4 heteroatoms. The summed E-state index contributed by atoms with van der Waals surface area (Å²) in [7, 11) is 0. The number of allylic oxidation sites excluding steroid dienone is 4. The van der Waals surface area contributed by atoms with Gasteiger partial charge in [0.1, 0.15) is 0 Å². The molecule has 0 aliphatic carbocycles. The Morgan fingerprint density at radius 2 is 1.00 bits per heavy atom. The maximum atomic E-state index is 11.0. The largest absolute Gasteiger partial charge is 0.297 e. The Labute approximate surface area is 119 Å². The average molecular weight is 286 g/mol. The molecule has 0 heterocycles. The third-order valence-corrected chi connectivity index (χ3v) is 3.65.